The Morgan fingerprint density at radius 2 is 1.63 bits per heavy atom. The molecule has 0 fully saturated rings. The van der Waals surface area contributed by atoms with E-state index in [0.717, 1.165) is 25.0 Å². The summed E-state index contributed by atoms with van der Waals surface area (Å²) in [5.41, 5.74) is 20.3. The third kappa shape index (κ3) is 7.49. The van der Waals surface area contributed by atoms with Crippen LogP contribution in [-0.4, -0.2) is 30.1 Å². The number of pyridine rings is 1. The predicted molar refractivity (Wildman–Crippen MR) is 77.4 cm³/mol. The highest BCUT2D eigenvalue weighted by molar-refractivity contribution is 5.31. The van der Waals surface area contributed by atoms with Gasteiger partial charge in [-0.3, -0.25) is 4.98 Å². The molecule has 0 amide bonds. The molecule has 19 heavy (non-hydrogen) atoms. The molecule has 0 saturated carbocycles. The molecule has 6 heteroatoms. The highest BCUT2D eigenvalue weighted by atomic mass is 16.0. The fourth-order valence-corrected chi connectivity index (χ4v) is 1.77. The van der Waals surface area contributed by atoms with E-state index in [-0.39, 0.29) is 5.48 Å². The second-order valence-corrected chi connectivity index (χ2v) is 3.73. The van der Waals surface area contributed by atoms with Gasteiger partial charge in [-0.2, -0.15) is 5.26 Å². The van der Waals surface area contributed by atoms with Crippen molar-refractivity contribution in [3.8, 4) is 6.07 Å². The van der Waals surface area contributed by atoms with Crippen molar-refractivity contribution in [3.63, 3.8) is 0 Å². The van der Waals surface area contributed by atoms with Gasteiger partial charge in [0.2, 0.25) is 0 Å². The summed E-state index contributed by atoms with van der Waals surface area (Å²) < 4.78 is 0. The third-order valence-corrected chi connectivity index (χ3v) is 2.43. The van der Waals surface area contributed by atoms with Gasteiger partial charge in [0.25, 0.3) is 0 Å². The average Bonchev–Trinajstić information content (AvgIpc) is 2.35. The van der Waals surface area contributed by atoms with E-state index in [9.17, 15) is 0 Å². The molecule has 0 aliphatic carbocycles. The quantitative estimate of drug-likeness (QED) is 0.623. The number of nitrogens with two attached hydrogens (primary N) is 3. The van der Waals surface area contributed by atoms with Crippen LogP contribution in [-0.2, 0) is 19.3 Å². The van der Waals surface area contributed by atoms with Crippen molar-refractivity contribution >= 4 is 0 Å². The topological polar surface area (TPSA) is 146 Å². The fraction of sp³-hybridized carbons (Fsp3) is 0.538. The van der Waals surface area contributed by atoms with Gasteiger partial charge in [-0.15, -0.1) is 0 Å². The van der Waals surface area contributed by atoms with E-state index in [0.29, 0.717) is 19.6 Å². The van der Waals surface area contributed by atoms with Crippen LogP contribution in [0.25, 0.3) is 0 Å². The van der Waals surface area contributed by atoms with Gasteiger partial charge < -0.3 is 22.7 Å². The minimum atomic E-state index is 0. The van der Waals surface area contributed by atoms with Crippen molar-refractivity contribution in [1.29, 1.82) is 5.26 Å². The SMILES string of the molecule is CC#N.NCCc1ccnc(CCN)c1CCN.O. The molecule has 0 aliphatic rings. The maximum Gasteiger partial charge on any atom is 0.0587 e. The zero-order chi connectivity index (χ0) is 13.8. The molecule has 108 valence electrons. The van der Waals surface area contributed by atoms with Gasteiger partial charge >= 0.3 is 0 Å². The molecular formula is C13H25N5O. The molecule has 0 saturated heterocycles. The van der Waals surface area contributed by atoms with Crippen LogP contribution in [0.1, 0.15) is 23.7 Å². The molecule has 0 radical (unpaired) electrons. The molecular weight excluding hydrogens is 242 g/mol. The monoisotopic (exact) mass is 267 g/mol. The van der Waals surface area contributed by atoms with Crippen LogP contribution < -0.4 is 17.2 Å². The first-order valence-electron chi connectivity index (χ1n) is 6.11. The standard InChI is InChI=1S/C11H20N4.C2H3N.H2O/c12-5-1-9-4-8-15-11(3-7-14)10(9)2-6-13;1-2-3;/h4,8H,1-3,5-7,12-14H2;1H3;1H2. The molecule has 0 bridgehead atoms. The zero-order valence-corrected chi connectivity index (χ0v) is 11.5. The van der Waals surface area contributed by atoms with Crippen LogP contribution in [0.5, 0.6) is 0 Å². The van der Waals surface area contributed by atoms with Gasteiger partial charge in [0, 0.05) is 25.2 Å². The van der Waals surface area contributed by atoms with Crippen molar-refractivity contribution in [2.45, 2.75) is 26.2 Å². The molecule has 8 N–H and O–H groups in total. The normalized spacial score (nSPS) is 8.79. The van der Waals surface area contributed by atoms with Gasteiger partial charge in [-0.05, 0) is 49.7 Å². The Balaban J connectivity index is 0. The van der Waals surface area contributed by atoms with E-state index in [1.165, 1.54) is 18.1 Å². The average molecular weight is 267 g/mol. The first kappa shape index (κ1) is 19.8. The second kappa shape index (κ2) is 12.9. The lowest BCUT2D eigenvalue weighted by Gasteiger charge is -2.12. The smallest absolute Gasteiger partial charge is 0.0587 e. The summed E-state index contributed by atoms with van der Waals surface area (Å²) in [4.78, 5) is 4.35. The number of nitrogens with zero attached hydrogens (tertiary/aromatic N) is 2. The Hall–Kier alpha value is -1.52. The number of rotatable bonds is 6. The van der Waals surface area contributed by atoms with Crippen LogP contribution >= 0.6 is 0 Å². The lowest BCUT2D eigenvalue weighted by Crippen LogP contribution is -2.14. The third-order valence-electron chi connectivity index (χ3n) is 2.43. The van der Waals surface area contributed by atoms with Crippen molar-refractivity contribution in [1.82, 2.24) is 4.98 Å². The van der Waals surface area contributed by atoms with Crippen molar-refractivity contribution in [2.24, 2.45) is 17.2 Å². The molecule has 1 aromatic rings. The molecule has 0 aliphatic heterocycles. The first-order valence-corrected chi connectivity index (χ1v) is 6.11. The van der Waals surface area contributed by atoms with Crippen LogP contribution in [0.3, 0.4) is 0 Å². The van der Waals surface area contributed by atoms with Gasteiger partial charge in [-0.25, -0.2) is 0 Å². The summed E-state index contributed by atoms with van der Waals surface area (Å²) in [6.45, 7) is 3.35. The van der Waals surface area contributed by atoms with Crippen LogP contribution in [0.15, 0.2) is 12.3 Å². The van der Waals surface area contributed by atoms with E-state index in [1.54, 1.807) is 6.07 Å². The van der Waals surface area contributed by atoms with E-state index in [2.05, 4.69) is 4.98 Å². The molecule has 1 heterocycles. The lowest BCUT2D eigenvalue weighted by molar-refractivity contribution is 0.824. The van der Waals surface area contributed by atoms with Crippen molar-refractivity contribution in [3.05, 3.63) is 29.1 Å². The minimum Gasteiger partial charge on any atom is -0.412 e. The van der Waals surface area contributed by atoms with E-state index in [1.807, 2.05) is 12.3 Å². The molecule has 6 nitrogen and oxygen atoms in total. The predicted octanol–water partition coefficient (Wildman–Crippen LogP) is -0.710. The fourth-order valence-electron chi connectivity index (χ4n) is 1.77. The Kier molecular flexibility index (Phi) is 13.5. The molecule has 1 rings (SSSR count). The van der Waals surface area contributed by atoms with Crippen molar-refractivity contribution < 1.29 is 5.48 Å². The Morgan fingerprint density at radius 1 is 1.11 bits per heavy atom. The molecule has 0 spiro atoms. The molecule has 0 aromatic carbocycles. The highest BCUT2D eigenvalue weighted by Crippen LogP contribution is 2.14. The van der Waals surface area contributed by atoms with Gasteiger partial charge in [0.15, 0.2) is 0 Å². The first-order chi connectivity index (χ1) is 8.74. The zero-order valence-electron chi connectivity index (χ0n) is 11.5. The van der Waals surface area contributed by atoms with E-state index in [4.69, 9.17) is 22.5 Å². The Morgan fingerprint density at radius 3 is 2.11 bits per heavy atom. The number of hydrogen-bond donors (Lipinski definition) is 3. The molecule has 0 unspecified atom stereocenters. The lowest BCUT2D eigenvalue weighted by atomic mass is 9.99. The van der Waals surface area contributed by atoms with E-state index < -0.39 is 0 Å². The number of aromatic nitrogens is 1. The number of nitriles is 1. The van der Waals surface area contributed by atoms with Crippen LogP contribution in [0.4, 0.5) is 0 Å². The van der Waals surface area contributed by atoms with Gasteiger partial charge in [-0.1, -0.05) is 0 Å². The summed E-state index contributed by atoms with van der Waals surface area (Å²) in [7, 11) is 0. The van der Waals surface area contributed by atoms with Gasteiger partial charge in [0.05, 0.1) is 6.07 Å². The summed E-state index contributed by atoms with van der Waals surface area (Å²) in [6, 6.07) is 3.78. The Labute approximate surface area is 114 Å². The second-order valence-electron chi connectivity index (χ2n) is 3.73. The van der Waals surface area contributed by atoms with Crippen LogP contribution in [0, 0.1) is 11.3 Å². The summed E-state index contributed by atoms with van der Waals surface area (Å²) in [5.74, 6) is 0. The van der Waals surface area contributed by atoms with Gasteiger partial charge in [0.1, 0.15) is 0 Å². The summed E-state index contributed by atoms with van der Waals surface area (Å²) >= 11 is 0. The maximum atomic E-state index is 7.32. The highest BCUT2D eigenvalue weighted by Gasteiger charge is 2.07. The Bertz CT molecular complexity index is 352. The summed E-state index contributed by atoms with van der Waals surface area (Å²) in [5, 5.41) is 7.32. The molecule has 0 atom stereocenters. The van der Waals surface area contributed by atoms with E-state index >= 15 is 0 Å². The maximum absolute atomic E-state index is 7.32. The minimum absolute atomic E-state index is 0. The van der Waals surface area contributed by atoms with Crippen LogP contribution in [0.2, 0.25) is 0 Å². The summed E-state index contributed by atoms with van der Waals surface area (Å²) in [6.07, 6.45) is 4.39. The molecule has 1 aromatic heterocycles. The largest absolute Gasteiger partial charge is 0.412 e. The van der Waals surface area contributed by atoms with Crippen molar-refractivity contribution in [2.75, 3.05) is 19.6 Å². The number of hydrogen-bond acceptors (Lipinski definition) is 5.